The van der Waals surface area contributed by atoms with E-state index in [9.17, 15) is 0 Å². The van der Waals surface area contributed by atoms with Gasteiger partial charge in [-0.2, -0.15) is 0 Å². The van der Waals surface area contributed by atoms with Crippen molar-refractivity contribution in [3.63, 3.8) is 0 Å². The highest BCUT2D eigenvalue weighted by Gasteiger charge is 2.19. The highest BCUT2D eigenvalue weighted by Crippen LogP contribution is 2.47. The van der Waals surface area contributed by atoms with Crippen molar-refractivity contribution in [3.05, 3.63) is 182 Å². The zero-order chi connectivity index (χ0) is 31.6. The molecule has 0 radical (unpaired) electrons. The molecule has 10 rings (SSSR count). The molecular weight excluding hydrogens is 577 g/mol. The molecule has 0 nitrogen and oxygen atoms in total. The molecular formula is C48H30. The lowest BCUT2D eigenvalue weighted by Crippen LogP contribution is -1.92. The fourth-order valence-corrected chi connectivity index (χ4v) is 8.13. The largest absolute Gasteiger partial charge is 0.0616 e. The van der Waals surface area contributed by atoms with Crippen LogP contribution in [0.25, 0.3) is 98.0 Å². The molecule has 0 aliphatic heterocycles. The van der Waals surface area contributed by atoms with Crippen LogP contribution in [0.2, 0.25) is 0 Å². The summed E-state index contributed by atoms with van der Waals surface area (Å²) < 4.78 is 0. The van der Waals surface area contributed by atoms with Crippen LogP contribution >= 0.6 is 0 Å². The monoisotopic (exact) mass is 606 g/mol. The quantitative estimate of drug-likeness (QED) is 0.139. The molecule has 0 heterocycles. The molecule has 0 atom stereocenters. The first kappa shape index (κ1) is 26.9. The van der Waals surface area contributed by atoms with E-state index in [1.807, 2.05) is 0 Å². The second-order valence-electron chi connectivity index (χ2n) is 12.8. The van der Waals surface area contributed by atoms with Gasteiger partial charge in [0.1, 0.15) is 0 Å². The predicted octanol–water partition coefficient (Wildman–Crippen LogP) is 13.6. The van der Waals surface area contributed by atoms with Crippen LogP contribution < -0.4 is 0 Å². The fourth-order valence-electron chi connectivity index (χ4n) is 8.13. The second kappa shape index (κ2) is 10.7. The second-order valence-corrected chi connectivity index (χ2v) is 12.8. The Kier molecular flexibility index (Phi) is 5.98. The Bertz CT molecular complexity index is 2830. The minimum absolute atomic E-state index is 1.23. The minimum atomic E-state index is 1.23. The third-order valence-electron chi connectivity index (χ3n) is 10.2. The van der Waals surface area contributed by atoms with Crippen LogP contribution in [0.5, 0.6) is 0 Å². The van der Waals surface area contributed by atoms with Gasteiger partial charge in [0.2, 0.25) is 0 Å². The van der Waals surface area contributed by atoms with Gasteiger partial charge in [-0.3, -0.25) is 0 Å². The van der Waals surface area contributed by atoms with E-state index >= 15 is 0 Å². The van der Waals surface area contributed by atoms with Gasteiger partial charge >= 0.3 is 0 Å². The van der Waals surface area contributed by atoms with Crippen LogP contribution in [0.15, 0.2) is 182 Å². The molecule has 48 heavy (non-hydrogen) atoms. The highest BCUT2D eigenvalue weighted by atomic mass is 14.2. The van der Waals surface area contributed by atoms with Crippen LogP contribution in [0.1, 0.15) is 0 Å². The van der Waals surface area contributed by atoms with Gasteiger partial charge in [-0.25, -0.2) is 0 Å². The molecule has 0 saturated carbocycles. The van der Waals surface area contributed by atoms with E-state index in [0.717, 1.165) is 0 Å². The first-order valence-electron chi connectivity index (χ1n) is 16.7. The van der Waals surface area contributed by atoms with Gasteiger partial charge in [0.15, 0.2) is 0 Å². The summed E-state index contributed by atoms with van der Waals surface area (Å²) in [5.74, 6) is 0. The molecule has 0 unspecified atom stereocenters. The van der Waals surface area contributed by atoms with Crippen LogP contribution in [0.3, 0.4) is 0 Å². The summed E-state index contributed by atoms with van der Waals surface area (Å²) in [6, 6.07) is 67.1. The van der Waals surface area contributed by atoms with Gasteiger partial charge < -0.3 is 0 Å². The van der Waals surface area contributed by atoms with E-state index in [1.54, 1.807) is 0 Å². The molecule has 0 bridgehead atoms. The Labute approximate surface area is 279 Å². The van der Waals surface area contributed by atoms with Gasteiger partial charge in [0.25, 0.3) is 0 Å². The number of hydrogen-bond acceptors (Lipinski definition) is 0. The maximum atomic E-state index is 2.40. The van der Waals surface area contributed by atoms with Crippen LogP contribution in [-0.4, -0.2) is 0 Å². The summed E-state index contributed by atoms with van der Waals surface area (Å²) >= 11 is 0. The van der Waals surface area contributed by atoms with Crippen molar-refractivity contribution in [1.29, 1.82) is 0 Å². The Balaban J connectivity index is 1.28. The third-order valence-corrected chi connectivity index (χ3v) is 10.2. The molecule has 10 aromatic carbocycles. The molecule has 10 aromatic rings. The highest BCUT2D eigenvalue weighted by molar-refractivity contribution is 6.26. The van der Waals surface area contributed by atoms with Gasteiger partial charge in [-0.1, -0.05) is 164 Å². The Morgan fingerprint density at radius 1 is 0.208 bits per heavy atom. The van der Waals surface area contributed by atoms with Crippen molar-refractivity contribution < 1.29 is 0 Å². The molecule has 0 N–H and O–H groups in total. The smallest absolute Gasteiger partial charge is 0.00199 e. The average molecular weight is 607 g/mol. The lowest BCUT2D eigenvalue weighted by Gasteiger charge is -2.20. The number of benzene rings is 10. The molecule has 222 valence electrons. The zero-order valence-corrected chi connectivity index (χ0v) is 26.3. The Hall–Kier alpha value is -6.24. The first-order chi connectivity index (χ1) is 23.8. The maximum absolute atomic E-state index is 2.40. The van der Waals surface area contributed by atoms with Crippen molar-refractivity contribution in [1.82, 2.24) is 0 Å². The molecule has 0 spiro atoms. The van der Waals surface area contributed by atoms with E-state index in [1.165, 1.54) is 98.0 Å². The predicted molar refractivity (Wildman–Crippen MR) is 208 cm³/mol. The van der Waals surface area contributed by atoms with E-state index < -0.39 is 0 Å². The minimum Gasteiger partial charge on any atom is -0.0616 e. The maximum Gasteiger partial charge on any atom is -0.00199 e. The summed E-state index contributed by atoms with van der Waals surface area (Å²) in [6.45, 7) is 0. The summed E-state index contributed by atoms with van der Waals surface area (Å²) in [6.07, 6.45) is 0. The number of fused-ring (bicyclic) bond motifs is 8. The Morgan fingerprint density at radius 2 is 0.583 bits per heavy atom. The van der Waals surface area contributed by atoms with Crippen molar-refractivity contribution in [2.75, 3.05) is 0 Å². The molecule has 0 aromatic heterocycles. The van der Waals surface area contributed by atoms with E-state index in [4.69, 9.17) is 0 Å². The molecule has 0 fully saturated rings. The molecule has 0 saturated heterocycles. The summed E-state index contributed by atoms with van der Waals surface area (Å²) in [5.41, 5.74) is 7.57. The van der Waals surface area contributed by atoms with Gasteiger partial charge in [0, 0.05) is 0 Å². The molecule has 0 heteroatoms. The normalized spacial score (nSPS) is 11.8. The van der Waals surface area contributed by atoms with E-state index in [2.05, 4.69) is 182 Å². The molecule has 0 aliphatic rings. The van der Waals surface area contributed by atoms with Crippen molar-refractivity contribution >= 4 is 64.6 Å². The SMILES string of the molecule is c1cc(-c2c3ccccc3c(-c3cc4ccccc4c4ccccc34)c3ccccc23)cc(-c2cc3ccccc3c3ccccc23)c1. The van der Waals surface area contributed by atoms with Crippen LogP contribution in [0.4, 0.5) is 0 Å². The van der Waals surface area contributed by atoms with Crippen molar-refractivity contribution in [2.24, 2.45) is 0 Å². The van der Waals surface area contributed by atoms with E-state index in [-0.39, 0.29) is 0 Å². The van der Waals surface area contributed by atoms with Crippen LogP contribution in [0, 0.1) is 0 Å². The van der Waals surface area contributed by atoms with Gasteiger partial charge in [0.05, 0.1) is 0 Å². The van der Waals surface area contributed by atoms with Gasteiger partial charge in [-0.15, -0.1) is 0 Å². The fraction of sp³-hybridized carbons (Fsp3) is 0. The summed E-state index contributed by atoms with van der Waals surface area (Å²) in [5, 5.41) is 15.3. The molecule has 0 amide bonds. The Morgan fingerprint density at radius 3 is 1.12 bits per heavy atom. The van der Waals surface area contributed by atoms with Gasteiger partial charge in [-0.05, 0) is 116 Å². The van der Waals surface area contributed by atoms with E-state index in [0.29, 0.717) is 0 Å². The number of hydrogen-bond donors (Lipinski definition) is 0. The zero-order valence-electron chi connectivity index (χ0n) is 26.3. The average Bonchev–Trinajstić information content (AvgIpc) is 3.16. The first-order valence-corrected chi connectivity index (χ1v) is 16.7. The lowest BCUT2D eigenvalue weighted by atomic mass is 9.83. The summed E-state index contributed by atoms with van der Waals surface area (Å²) in [7, 11) is 0. The lowest BCUT2D eigenvalue weighted by molar-refractivity contribution is 1.64. The molecule has 0 aliphatic carbocycles. The topological polar surface area (TPSA) is 0 Å². The van der Waals surface area contributed by atoms with Crippen LogP contribution in [-0.2, 0) is 0 Å². The standard InChI is InChI=1S/C48H30/c1-3-18-35-32(14-1)29-45(39-22-7-5-20-37(35)39)31-16-13-17-34(28-31)47-41-24-9-11-26-43(41)48(44-27-12-10-25-42(44)47)46-30-33-15-2-4-19-36(33)38-21-6-8-23-40(38)46/h1-30H. The third kappa shape index (κ3) is 4.03. The summed E-state index contributed by atoms with van der Waals surface area (Å²) in [4.78, 5) is 0. The van der Waals surface area contributed by atoms with Crippen molar-refractivity contribution in [3.8, 4) is 33.4 Å². The number of rotatable bonds is 3. The van der Waals surface area contributed by atoms with Crippen molar-refractivity contribution in [2.45, 2.75) is 0 Å².